The van der Waals surface area contributed by atoms with Crippen LogP contribution in [0.1, 0.15) is 105 Å². The Morgan fingerprint density at radius 3 is 0.734 bits per heavy atom. The van der Waals surface area contributed by atoms with E-state index in [0.29, 0.717) is 66.1 Å². The van der Waals surface area contributed by atoms with Gasteiger partial charge in [0.05, 0.1) is 106 Å². The summed E-state index contributed by atoms with van der Waals surface area (Å²) in [5.41, 5.74) is 4.15. The molecule has 0 radical (unpaired) electrons. The molecule has 6 rings (SSSR count). The Bertz CT molecular complexity index is 1980. The van der Waals surface area contributed by atoms with Gasteiger partial charge in [-0.25, -0.2) is 0 Å². The predicted octanol–water partition coefficient (Wildman–Crippen LogP) is 13.6. The lowest BCUT2D eigenvalue weighted by molar-refractivity contribution is -0.00726. The molecule has 0 unspecified atom stereocenters. The van der Waals surface area contributed by atoms with Crippen LogP contribution in [0.4, 0.5) is 0 Å². The number of benzene rings is 4. The fourth-order valence-corrected chi connectivity index (χ4v) is 11.9. The van der Waals surface area contributed by atoms with Crippen LogP contribution in [-0.4, -0.2) is 80.3 Å². The van der Waals surface area contributed by atoms with Crippen molar-refractivity contribution in [3.8, 4) is 23.0 Å². The van der Waals surface area contributed by atoms with Crippen molar-refractivity contribution in [3.63, 3.8) is 0 Å². The van der Waals surface area contributed by atoms with Crippen LogP contribution in [0.25, 0.3) is 0 Å². The van der Waals surface area contributed by atoms with E-state index in [1.165, 1.54) is 22.3 Å². The van der Waals surface area contributed by atoms with Crippen molar-refractivity contribution in [2.24, 2.45) is 0 Å². The Balaban J connectivity index is 1.71. The molecule has 0 N–H and O–H groups in total. The minimum absolute atomic E-state index is 0.160. The lowest BCUT2D eigenvalue weighted by Gasteiger charge is -2.28. The number of hydrogen-bond donors (Lipinski definition) is 0. The van der Waals surface area contributed by atoms with Crippen molar-refractivity contribution in [1.82, 2.24) is 0 Å². The predicted molar refractivity (Wildman–Crippen MR) is 264 cm³/mol. The maximum Gasteiger partial charge on any atom is 0.147 e. The first-order valence-corrected chi connectivity index (χ1v) is 25.5. The Kier molecular flexibility index (Phi) is 17.1. The van der Waals surface area contributed by atoms with Crippen LogP contribution in [0.5, 0.6) is 23.0 Å². The lowest BCUT2D eigenvalue weighted by Crippen LogP contribution is -2.15. The number of rotatable bonds is 2. The second-order valence-electron chi connectivity index (χ2n) is 20.2. The van der Waals surface area contributed by atoms with Gasteiger partial charge < -0.3 is 37.9 Å². The number of methoxy groups -OCH3 is 2. The monoisotopic (exact) mass is 950 g/mol. The molecule has 0 aliphatic carbocycles. The van der Waals surface area contributed by atoms with E-state index in [4.69, 9.17) is 37.9 Å². The minimum atomic E-state index is -0.163. The van der Waals surface area contributed by atoms with Crippen molar-refractivity contribution < 1.29 is 37.9 Å². The summed E-state index contributed by atoms with van der Waals surface area (Å²) >= 11 is 6.76. The molecular formula is C52H70O8S4. The molecule has 0 amide bonds. The second kappa shape index (κ2) is 21.5. The zero-order valence-corrected chi connectivity index (χ0v) is 43.9. The van der Waals surface area contributed by atoms with Crippen LogP contribution < -0.4 is 18.9 Å². The molecule has 0 spiro atoms. The molecule has 2 aliphatic heterocycles. The van der Waals surface area contributed by atoms with Crippen LogP contribution in [0.2, 0.25) is 0 Å². The summed E-state index contributed by atoms with van der Waals surface area (Å²) in [6.45, 7) is 31.5. The van der Waals surface area contributed by atoms with Gasteiger partial charge in [-0.3, -0.25) is 0 Å². The fraction of sp³-hybridized carbons (Fsp3) is 0.538. The molecule has 4 aromatic rings. The molecule has 0 saturated carbocycles. The van der Waals surface area contributed by atoms with E-state index in [0.717, 1.165) is 62.2 Å². The van der Waals surface area contributed by atoms with Crippen LogP contribution in [0.15, 0.2) is 87.7 Å². The Morgan fingerprint density at radius 1 is 0.328 bits per heavy atom. The number of ether oxygens (including phenoxy) is 8. The van der Waals surface area contributed by atoms with Gasteiger partial charge >= 0.3 is 0 Å². The molecular weight excluding hydrogens is 881 g/mol. The van der Waals surface area contributed by atoms with Gasteiger partial charge in [-0.05, 0) is 92.4 Å². The maximum absolute atomic E-state index is 6.92. The summed E-state index contributed by atoms with van der Waals surface area (Å²) in [7, 11) is 3.55. The quantitative estimate of drug-likeness (QED) is 0.169. The van der Waals surface area contributed by atoms with Gasteiger partial charge in [0.2, 0.25) is 0 Å². The van der Waals surface area contributed by atoms with Crippen LogP contribution >= 0.6 is 47.0 Å². The van der Waals surface area contributed by atoms with E-state index in [2.05, 4.69) is 132 Å². The van der Waals surface area contributed by atoms with Crippen molar-refractivity contribution in [3.05, 3.63) is 70.8 Å². The summed E-state index contributed by atoms with van der Waals surface area (Å²) in [6, 6.07) is 18.3. The van der Waals surface area contributed by atoms with Gasteiger partial charge in [-0.2, -0.15) is 0 Å². The highest BCUT2D eigenvalue weighted by Crippen LogP contribution is 2.56. The van der Waals surface area contributed by atoms with Gasteiger partial charge in [-0.15, -0.1) is 0 Å². The molecule has 10 bridgehead atoms. The van der Waals surface area contributed by atoms with Crippen molar-refractivity contribution in [2.75, 3.05) is 80.3 Å². The average molecular weight is 951 g/mol. The third-order valence-corrected chi connectivity index (χ3v) is 15.1. The number of fused-ring (bicyclic) bond motifs is 2. The molecule has 350 valence electrons. The summed E-state index contributed by atoms with van der Waals surface area (Å²) in [6.07, 6.45) is 0. The zero-order valence-electron chi connectivity index (χ0n) is 40.6. The summed E-state index contributed by atoms with van der Waals surface area (Å²) in [5, 5.41) is 0. The molecule has 8 nitrogen and oxygen atoms in total. The van der Waals surface area contributed by atoms with Crippen LogP contribution in [0.3, 0.4) is 0 Å². The second-order valence-corrected chi connectivity index (χ2v) is 24.5. The molecule has 0 fully saturated rings. The van der Waals surface area contributed by atoms with E-state index in [1.54, 1.807) is 61.3 Å². The highest BCUT2D eigenvalue weighted by atomic mass is 32.2. The minimum Gasteiger partial charge on any atom is -0.494 e. The largest absolute Gasteiger partial charge is 0.494 e. The van der Waals surface area contributed by atoms with E-state index < -0.39 is 0 Å². The normalized spacial score (nSPS) is 16.7. The van der Waals surface area contributed by atoms with Crippen LogP contribution in [0, 0.1) is 0 Å². The Morgan fingerprint density at radius 2 is 0.531 bits per heavy atom. The van der Waals surface area contributed by atoms with Crippen LogP contribution in [-0.2, 0) is 40.6 Å². The summed E-state index contributed by atoms with van der Waals surface area (Å²) < 4.78 is 50.5. The molecule has 12 heteroatoms. The topological polar surface area (TPSA) is 73.8 Å². The Hall–Kier alpha value is -2.68. The average Bonchev–Trinajstić information content (AvgIpc) is 3.19. The summed E-state index contributed by atoms with van der Waals surface area (Å²) in [4.78, 5) is 8.01. The van der Waals surface area contributed by atoms with Crippen molar-refractivity contribution in [2.45, 2.75) is 144 Å². The molecule has 0 saturated heterocycles. The SMILES string of the molecule is COc1c2cc(C(C)(C)C)cc1Sc1cc(C(C)(C)C)cc3c1OCCOCCOCCOCCOCCOc1c(cc(C(C)(C)C)cc1Sc1cc(C(C)(C)C)cc(c1OC)S3)S2. The van der Waals surface area contributed by atoms with E-state index in [1.807, 2.05) is 0 Å². The number of hydrogen-bond acceptors (Lipinski definition) is 12. The lowest BCUT2D eigenvalue weighted by atomic mass is 9.87. The first-order valence-electron chi connectivity index (χ1n) is 22.3. The standard InChI is InChI=1S/C52H70O8S4/c1-49(2,3)33-25-37-45(53-13)38(26-33)62-42-30-36(52(10,11)12)32-44-48(42)60-24-22-58-20-18-56-16-15-55-17-19-57-21-23-59-47-41(61-37)29-35(51(7,8)9)31-43(47)63-39-27-34(50(4,5)6)28-40(64-44)46(39)54-14/h25-32H,15-24H2,1-14H3. The Labute approximate surface area is 400 Å². The molecule has 2 heterocycles. The van der Waals surface area contributed by atoms with Gasteiger partial charge in [0.25, 0.3) is 0 Å². The summed E-state index contributed by atoms with van der Waals surface area (Å²) in [5.74, 6) is 3.20. The zero-order chi connectivity index (χ0) is 46.5. The first-order chi connectivity index (χ1) is 30.2. The van der Waals surface area contributed by atoms with E-state index in [9.17, 15) is 0 Å². The van der Waals surface area contributed by atoms with Gasteiger partial charge in [0.15, 0.2) is 0 Å². The molecule has 64 heavy (non-hydrogen) atoms. The highest BCUT2D eigenvalue weighted by Gasteiger charge is 2.30. The van der Waals surface area contributed by atoms with Crippen molar-refractivity contribution in [1.29, 1.82) is 0 Å². The van der Waals surface area contributed by atoms with Gasteiger partial charge in [0, 0.05) is 0 Å². The first kappa shape index (κ1) is 50.7. The highest BCUT2D eigenvalue weighted by molar-refractivity contribution is 8.01. The third kappa shape index (κ3) is 13.1. The van der Waals surface area contributed by atoms with E-state index >= 15 is 0 Å². The third-order valence-electron chi connectivity index (χ3n) is 10.9. The molecule has 4 aromatic carbocycles. The maximum atomic E-state index is 6.92. The molecule has 0 atom stereocenters. The molecule has 0 aromatic heterocycles. The van der Waals surface area contributed by atoms with Gasteiger partial charge in [-0.1, -0.05) is 130 Å². The smallest absolute Gasteiger partial charge is 0.147 e. The van der Waals surface area contributed by atoms with E-state index in [-0.39, 0.29) is 21.7 Å². The van der Waals surface area contributed by atoms with Crippen molar-refractivity contribution >= 4 is 47.0 Å². The molecule has 2 aliphatic rings. The van der Waals surface area contributed by atoms with Gasteiger partial charge in [0.1, 0.15) is 36.2 Å². The fourth-order valence-electron chi connectivity index (χ4n) is 6.97.